The standard InChI is InChI=1S/C19H23N3O2/c1-3-5-9-14(4-2)19(23)21-18-17(15-10-8-13-24-15)20-16-11-6-7-12-22(16)18/h6-8,10-14H,3-5,9H2,1-2H3,(H,21,23)/t14-/m0/s1. The van der Waals surface area contributed by atoms with Gasteiger partial charge < -0.3 is 9.73 Å². The molecule has 0 aliphatic rings. The number of carbonyl (C=O) groups is 1. The first-order valence-corrected chi connectivity index (χ1v) is 8.56. The highest BCUT2D eigenvalue weighted by molar-refractivity contribution is 5.95. The molecule has 5 nitrogen and oxygen atoms in total. The van der Waals surface area contributed by atoms with Gasteiger partial charge in [0.1, 0.15) is 17.2 Å². The predicted molar refractivity (Wildman–Crippen MR) is 94.8 cm³/mol. The summed E-state index contributed by atoms with van der Waals surface area (Å²) in [5, 5.41) is 3.08. The van der Waals surface area contributed by atoms with Crippen LogP contribution in [0, 0.1) is 5.92 Å². The van der Waals surface area contributed by atoms with Crippen LogP contribution in [-0.2, 0) is 4.79 Å². The molecule has 1 atom stereocenters. The number of anilines is 1. The Hall–Kier alpha value is -2.56. The highest BCUT2D eigenvalue weighted by Crippen LogP contribution is 2.29. The third-order valence-electron chi connectivity index (χ3n) is 4.30. The summed E-state index contributed by atoms with van der Waals surface area (Å²) in [6.45, 7) is 4.20. The number of nitrogens with zero attached hydrogens (tertiary/aromatic N) is 2. The lowest BCUT2D eigenvalue weighted by molar-refractivity contribution is -0.120. The van der Waals surface area contributed by atoms with Crippen molar-refractivity contribution in [1.82, 2.24) is 9.38 Å². The number of hydrogen-bond acceptors (Lipinski definition) is 3. The van der Waals surface area contributed by atoms with E-state index >= 15 is 0 Å². The summed E-state index contributed by atoms with van der Waals surface area (Å²) in [6.07, 6.45) is 7.41. The SMILES string of the molecule is CCCC[C@H](CC)C(=O)Nc1c(-c2ccco2)nc2ccccn12. The van der Waals surface area contributed by atoms with Gasteiger partial charge in [-0.15, -0.1) is 0 Å². The summed E-state index contributed by atoms with van der Waals surface area (Å²) >= 11 is 0. The first-order valence-electron chi connectivity index (χ1n) is 8.56. The fourth-order valence-electron chi connectivity index (χ4n) is 2.89. The summed E-state index contributed by atoms with van der Waals surface area (Å²) in [5.74, 6) is 1.38. The molecule has 0 aliphatic carbocycles. The van der Waals surface area contributed by atoms with Gasteiger partial charge in [-0.2, -0.15) is 0 Å². The lowest BCUT2D eigenvalue weighted by Crippen LogP contribution is -2.23. The van der Waals surface area contributed by atoms with Crippen LogP contribution < -0.4 is 5.32 Å². The number of carbonyl (C=O) groups excluding carboxylic acids is 1. The van der Waals surface area contributed by atoms with E-state index in [9.17, 15) is 4.79 Å². The maximum atomic E-state index is 12.7. The number of nitrogens with one attached hydrogen (secondary N) is 1. The number of unbranched alkanes of at least 4 members (excludes halogenated alkanes) is 1. The molecule has 0 aliphatic heterocycles. The van der Waals surface area contributed by atoms with Crippen molar-refractivity contribution >= 4 is 17.4 Å². The number of aromatic nitrogens is 2. The van der Waals surface area contributed by atoms with E-state index in [4.69, 9.17) is 4.42 Å². The monoisotopic (exact) mass is 325 g/mol. The van der Waals surface area contributed by atoms with Crippen LogP contribution in [0.1, 0.15) is 39.5 Å². The van der Waals surface area contributed by atoms with Crippen LogP contribution >= 0.6 is 0 Å². The van der Waals surface area contributed by atoms with E-state index in [0.29, 0.717) is 17.3 Å². The Kier molecular flexibility index (Phi) is 4.99. The van der Waals surface area contributed by atoms with E-state index < -0.39 is 0 Å². The van der Waals surface area contributed by atoms with Crippen LogP contribution in [0.25, 0.3) is 17.1 Å². The van der Waals surface area contributed by atoms with Crippen molar-refractivity contribution in [3.8, 4) is 11.5 Å². The molecule has 1 amide bonds. The van der Waals surface area contributed by atoms with E-state index in [-0.39, 0.29) is 11.8 Å². The third-order valence-corrected chi connectivity index (χ3v) is 4.30. The fourth-order valence-corrected chi connectivity index (χ4v) is 2.89. The highest BCUT2D eigenvalue weighted by atomic mass is 16.3. The molecule has 126 valence electrons. The van der Waals surface area contributed by atoms with E-state index in [2.05, 4.69) is 24.1 Å². The van der Waals surface area contributed by atoms with Crippen molar-refractivity contribution < 1.29 is 9.21 Å². The van der Waals surface area contributed by atoms with Gasteiger partial charge >= 0.3 is 0 Å². The largest absolute Gasteiger partial charge is 0.463 e. The van der Waals surface area contributed by atoms with E-state index in [1.165, 1.54) is 0 Å². The summed E-state index contributed by atoms with van der Waals surface area (Å²) < 4.78 is 7.39. The molecule has 0 radical (unpaired) electrons. The average Bonchev–Trinajstić information content (AvgIpc) is 3.24. The van der Waals surface area contributed by atoms with Crippen molar-refractivity contribution in [2.24, 2.45) is 5.92 Å². The average molecular weight is 325 g/mol. The van der Waals surface area contributed by atoms with Crippen molar-refractivity contribution in [2.75, 3.05) is 5.32 Å². The Bertz CT molecular complexity index is 805. The molecule has 24 heavy (non-hydrogen) atoms. The number of imidazole rings is 1. The summed E-state index contributed by atoms with van der Waals surface area (Å²) in [5.41, 5.74) is 1.44. The first kappa shape index (κ1) is 16.3. The zero-order chi connectivity index (χ0) is 16.9. The van der Waals surface area contributed by atoms with Gasteiger partial charge in [0.2, 0.25) is 5.91 Å². The number of rotatable bonds is 7. The number of pyridine rings is 1. The molecule has 0 saturated heterocycles. The molecule has 3 aromatic rings. The van der Waals surface area contributed by atoms with Gasteiger partial charge in [-0.3, -0.25) is 9.20 Å². The smallest absolute Gasteiger partial charge is 0.228 e. The lowest BCUT2D eigenvalue weighted by Gasteiger charge is -2.15. The van der Waals surface area contributed by atoms with Gasteiger partial charge in [0.15, 0.2) is 5.76 Å². The fraction of sp³-hybridized carbons (Fsp3) is 0.368. The summed E-state index contributed by atoms with van der Waals surface area (Å²) in [4.78, 5) is 17.3. The molecule has 1 N–H and O–H groups in total. The molecule has 3 rings (SSSR count). The van der Waals surface area contributed by atoms with Crippen molar-refractivity contribution in [2.45, 2.75) is 39.5 Å². The molecule has 0 aromatic carbocycles. The second kappa shape index (κ2) is 7.34. The van der Waals surface area contributed by atoms with Crippen molar-refractivity contribution in [3.05, 3.63) is 42.8 Å². The zero-order valence-electron chi connectivity index (χ0n) is 14.2. The zero-order valence-corrected chi connectivity index (χ0v) is 14.2. The first-order chi connectivity index (χ1) is 11.7. The van der Waals surface area contributed by atoms with E-state index in [1.807, 2.05) is 40.9 Å². The van der Waals surface area contributed by atoms with Crippen LogP contribution in [0.4, 0.5) is 5.82 Å². The van der Waals surface area contributed by atoms with Gasteiger partial charge in [-0.1, -0.05) is 32.8 Å². The minimum Gasteiger partial charge on any atom is -0.463 e. The molecule has 0 spiro atoms. The summed E-state index contributed by atoms with van der Waals surface area (Å²) in [6, 6.07) is 9.43. The minimum atomic E-state index is 0.0173. The lowest BCUT2D eigenvalue weighted by atomic mass is 9.98. The van der Waals surface area contributed by atoms with Gasteiger partial charge in [-0.05, 0) is 37.1 Å². The summed E-state index contributed by atoms with van der Waals surface area (Å²) in [7, 11) is 0. The highest BCUT2D eigenvalue weighted by Gasteiger charge is 2.22. The topological polar surface area (TPSA) is 59.5 Å². The molecule has 0 unspecified atom stereocenters. The predicted octanol–water partition coefficient (Wildman–Crippen LogP) is 4.75. The van der Waals surface area contributed by atoms with E-state index in [1.54, 1.807) is 6.26 Å². The maximum absolute atomic E-state index is 12.7. The number of hydrogen-bond donors (Lipinski definition) is 1. The normalized spacial score (nSPS) is 12.4. The van der Waals surface area contributed by atoms with Gasteiger partial charge in [0.05, 0.1) is 6.26 Å². The molecule has 0 saturated carbocycles. The van der Waals surface area contributed by atoms with E-state index in [0.717, 1.165) is 31.3 Å². The van der Waals surface area contributed by atoms with Crippen LogP contribution in [0.15, 0.2) is 47.2 Å². The second-order valence-electron chi connectivity index (χ2n) is 5.95. The van der Waals surface area contributed by atoms with Crippen LogP contribution in [0.3, 0.4) is 0 Å². The van der Waals surface area contributed by atoms with Gasteiger partial charge in [0, 0.05) is 12.1 Å². The van der Waals surface area contributed by atoms with Gasteiger partial charge in [0.25, 0.3) is 0 Å². The minimum absolute atomic E-state index is 0.0173. The third kappa shape index (κ3) is 3.20. The quantitative estimate of drug-likeness (QED) is 0.682. The Labute approximate surface area is 141 Å². The Morgan fingerprint density at radius 1 is 1.29 bits per heavy atom. The Morgan fingerprint density at radius 2 is 2.17 bits per heavy atom. The number of amides is 1. The van der Waals surface area contributed by atoms with Crippen LogP contribution in [0.2, 0.25) is 0 Å². The van der Waals surface area contributed by atoms with Crippen molar-refractivity contribution in [1.29, 1.82) is 0 Å². The molecule has 5 heteroatoms. The molecule has 0 bridgehead atoms. The molecule has 3 heterocycles. The van der Waals surface area contributed by atoms with Crippen LogP contribution in [-0.4, -0.2) is 15.3 Å². The Balaban J connectivity index is 1.95. The second-order valence-corrected chi connectivity index (χ2v) is 5.95. The molecular formula is C19H23N3O2. The van der Waals surface area contributed by atoms with Crippen LogP contribution in [0.5, 0.6) is 0 Å². The number of fused-ring (bicyclic) bond motifs is 1. The molecule has 0 fully saturated rings. The van der Waals surface area contributed by atoms with Gasteiger partial charge in [-0.25, -0.2) is 4.98 Å². The maximum Gasteiger partial charge on any atom is 0.228 e. The molecular weight excluding hydrogens is 302 g/mol. The Morgan fingerprint density at radius 3 is 2.88 bits per heavy atom. The molecule has 3 aromatic heterocycles. The number of furan rings is 1. The van der Waals surface area contributed by atoms with Crippen molar-refractivity contribution in [3.63, 3.8) is 0 Å².